The molecule has 0 heterocycles. The summed E-state index contributed by atoms with van der Waals surface area (Å²) in [5.41, 5.74) is 6.16. The molecule has 0 bridgehead atoms. The fraction of sp³-hybridized carbons (Fsp3) is 0.417. The van der Waals surface area contributed by atoms with E-state index in [1.807, 2.05) is 0 Å². The normalized spacial score (nSPS) is 10.4. The van der Waals surface area contributed by atoms with Gasteiger partial charge in [-0.2, -0.15) is 0 Å². The Labute approximate surface area is 106 Å². The molecule has 0 aliphatic carbocycles. The van der Waals surface area contributed by atoms with E-state index >= 15 is 0 Å². The van der Waals surface area contributed by atoms with Crippen molar-refractivity contribution in [1.29, 1.82) is 0 Å². The van der Waals surface area contributed by atoms with Crippen LogP contribution in [0.25, 0.3) is 0 Å². The zero-order valence-electron chi connectivity index (χ0n) is 9.01. The highest BCUT2D eigenvalue weighted by atomic mass is 35.5. The second kappa shape index (κ2) is 6.89. The molecule has 0 aliphatic rings. The van der Waals surface area contributed by atoms with E-state index in [0.29, 0.717) is 29.4 Å². The number of carbonyl (C=O) groups is 1. The fourth-order valence-corrected chi connectivity index (χ4v) is 1.83. The van der Waals surface area contributed by atoms with E-state index in [0.717, 1.165) is 18.4 Å². The monoisotopic (exact) mass is 259 g/mol. The first-order valence-electron chi connectivity index (χ1n) is 5.29. The van der Waals surface area contributed by atoms with Crippen molar-refractivity contribution >= 4 is 29.0 Å². The summed E-state index contributed by atoms with van der Waals surface area (Å²) in [6.07, 6.45) is 2.63. The smallest absolute Gasteiger partial charge is 0.137 e. The van der Waals surface area contributed by atoms with Crippen LogP contribution in [-0.4, -0.2) is 12.3 Å². The molecule has 0 saturated heterocycles. The third kappa shape index (κ3) is 4.52. The lowest BCUT2D eigenvalue weighted by Gasteiger charge is -2.04. The Morgan fingerprint density at radius 2 is 2.00 bits per heavy atom. The SMILES string of the molecule is NCCCCC(=O)Cc1cc(Cl)ccc1Cl. The molecule has 0 atom stereocenters. The second-order valence-corrected chi connectivity index (χ2v) is 4.54. The minimum absolute atomic E-state index is 0.178. The molecule has 0 aliphatic heterocycles. The van der Waals surface area contributed by atoms with Crippen LogP contribution in [0.5, 0.6) is 0 Å². The van der Waals surface area contributed by atoms with Gasteiger partial charge in [-0.3, -0.25) is 4.79 Å². The van der Waals surface area contributed by atoms with Gasteiger partial charge in [0, 0.05) is 22.9 Å². The van der Waals surface area contributed by atoms with Crippen molar-refractivity contribution in [2.24, 2.45) is 5.73 Å². The summed E-state index contributed by atoms with van der Waals surface area (Å²) >= 11 is 11.8. The van der Waals surface area contributed by atoms with E-state index in [4.69, 9.17) is 28.9 Å². The van der Waals surface area contributed by atoms with Crippen LogP contribution in [0.15, 0.2) is 18.2 Å². The van der Waals surface area contributed by atoms with Crippen molar-refractivity contribution in [1.82, 2.24) is 0 Å². The molecule has 0 spiro atoms. The van der Waals surface area contributed by atoms with Gasteiger partial charge < -0.3 is 5.73 Å². The van der Waals surface area contributed by atoms with E-state index in [1.165, 1.54) is 0 Å². The summed E-state index contributed by atoms with van der Waals surface area (Å²) in [7, 11) is 0. The molecule has 1 rings (SSSR count). The molecule has 1 aromatic carbocycles. The van der Waals surface area contributed by atoms with Gasteiger partial charge in [0.1, 0.15) is 5.78 Å². The van der Waals surface area contributed by atoms with Crippen LogP contribution in [0.4, 0.5) is 0 Å². The van der Waals surface area contributed by atoms with Gasteiger partial charge in [-0.15, -0.1) is 0 Å². The van der Waals surface area contributed by atoms with Gasteiger partial charge in [0.25, 0.3) is 0 Å². The number of unbranched alkanes of at least 4 members (excludes halogenated alkanes) is 1. The number of ketones is 1. The molecule has 0 fully saturated rings. The Morgan fingerprint density at radius 1 is 1.25 bits per heavy atom. The molecule has 2 N–H and O–H groups in total. The highest BCUT2D eigenvalue weighted by Gasteiger charge is 2.07. The molecular weight excluding hydrogens is 245 g/mol. The molecule has 88 valence electrons. The van der Waals surface area contributed by atoms with Crippen LogP contribution >= 0.6 is 23.2 Å². The van der Waals surface area contributed by atoms with Gasteiger partial charge in [0.2, 0.25) is 0 Å². The van der Waals surface area contributed by atoms with Crippen LogP contribution in [0.1, 0.15) is 24.8 Å². The predicted molar refractivity (Wildman–Crippen MR) is 68.1 cm³/mol. The number of hydrogen-bond acceptors (Lipinski definition) is 2. The van der Waals surface area contributed by atoms with Gasteiger partial charge in [-0.25, -0.2) is 0 Å². The lowest BCUT2D eigenvalue weighted by Crippen LogP contribution is -2.05. The Balaban J connectivity index is 2.52. The maximum Gasteiger partial charge on any atom is 0.137 e. The first kappa shape index (κ1) is 13.5. The molecule has 4 heteroatoms. The Bertz CT molecular complexity index is 366. The quantitative estimate of drug-likeness (QED) is 0.798. The van der Waals surface area contributed by atoms with E-state index in [9.17, 15) is 4.79 Å². The van der Waals surface area contributed by atoms with Gasteiger partial charge in [-0.05, 0) is 43.1 Å². The standard InChI is InChI=1S/C12H15Cl2NO/c13-10-4-5-12(14)9(7-10)8-11(16)3-1-2-6-15/h4-5,7H,1-3,6,8,15H2. The van der Waals surface area contributed by atoms with Gasteiger partial charge in [0.15, 0.2) is 0 Å². The first-order valence-corrected chi connectivity index (χ1v) is 6.04. The Kier molecular flexibility index (Phi) is 5.81. The summed E-state index contributed by atoms with van der Waals surface area (Å²) < 4.78 is 0. The summed E-state index contributed by atoms with van der Waals surface area (Å²) in [6.45, 7) is 0.630. The fourth-order valence-electron chi connectivity index (χ4n) is 1.45. The molecule has 2 nitrogen and oxygen atoms in total. The van der Waals surface area contributed by atoms with E-state index < -0.39 is 0 Å². The number of nitrogens with two attached hydrogens (primary N) is 1. The highest BCUT2D eigenvalue weighted by Crippen LogP contribution is 2.21. The number of Topliss-reactive ketones (excluding diaryl/α,β-unsaturated/α-hetero) is 1. The number of halogens is 2. The Morgan fingerprint density at radius 3 is 2.69 bits per heavy atom. The average Bonchev–Trinajstić information content (AvgIpc) is 2.24. The summed E-state index contributed by atoms with van der Waals surface area (Å²) in [4.78, 5) is 11.6. The van der Waals surface area contributed by atoms with Crippen molar-refractivity contribution in [2.45, 2.75) is 25.7 Å². The molecule has 16 heavy (non-hydrogen) atoms. The van der Waals surface area contributed by atoms with E-state index in [2.05, 4.69) is 0 Å². The summed E-state index contributed by atoms with van der Waals surface area (Å²) in [6, 6.07) is 5.17. The third-order valence-electron chi connectivity index (χ3n) is 2.31. The zero-order valence-corrected chi connectivity index (χ0v) is 10.5. The maximum absolute atomic E-state index is 11.6. The minimum atomic E-state index is 0.178. The minimum Gasteiger partial charge on any atom is -0.330 e. The molecule has 0 saturated carbocycles. The number of benzene rings is 1. The lowest BCUT2D eigenvalue weighted by molar-refractivity contribution is -0.118. The first-order chi connectivity index (χ1) is 7.63. The number of hydrogen-bond donors (Lipinski definition) is 1. The summed E-state index contributed by atoms with van der Waals surface area (Å²) in [5.74, 6) is 0.178. The van der Waals surface area contributed by atoms with Crippen molar-refractivity contribution in [3.05, 3.63) is 33.8 Å². The molecular formula is C12H15Cl2NO. The molecule has 1 aromatic rings. The zero-order chi connectivity index (χ0) is 12.0. The van der Waals surface area contributed by atoms with Gasteiger partial charge in [-0.1, -0.05) is 23.2 Å². The van der Waals surface area contributed by atoms with Crippen molar-refractivity contribution < 1.29 is 4.79 Å². The third-order valence-corrected chi connectivity index (χ3v) is 2.91. The van der Waals surface area contributed by atoms with Crippen LogP contribution in [0, 0.1) is 0 Å². The van der Waals surface area contributed by atoms with E-state index in [1.54, 1.807) is 18.2 Å². The van der Waals surface area contributed by atoms with Crippen LogP contribution in [0.2, 0.25) is 10.0 Å². The van der Waals surface area contributed by atoms with Crippen molar-refractivity contribution in [2.75, 3.05) is 6.54 Å². The molecule has 0 radical (unpaired) electrons. The van der Waals surface area contributed by atoms with Crippen molar-refractivity contribution in [3.8, 4) is 0 Å². The number of carbonyl (C=O) groups excluding carboxylic acids is 1. The molecule has 0 unspecified atom stereocenters. The predicted octanol–water partition coefficient (Wildman–Crippen LogP) is 3.23. The second-order valence-electron chi connectivity index (χ2n) is 3.70. The average molecular weight is 260 g/mol. The van der Waals surface area contributed by atoms with Crippen LogP contribution < -0.4 is 5.73 Å². The molecule has 0 aromatic heterocycles. The highest BCUT2D eigenvalue weighted by molar-refractivity contribution is 6.33. The van der Waals surface area contributed by atoms with Crippen LogP contribution in [-0.2, 0) is 11.2 Å². The maximum atomic E-state index is 11.6. The lowest BCUT2D eigenvalue weighted by atomic mass is 10.0. The van der Waals surface area contributed by atoms with Crippen molar-refractivity contribution in [3.63, 3.8) is 0 Å². The van der Waals surface area contributed by atoms with Gasteiger partial charge in [0.05, 0.1) is 0 Å². The topological polar surface area (TPSA) is 43.1 Å². The molecule has 0 amide bonds. The number of rotatable bonds is 6. The van der Waals surface area contributed by atoms with E-state index in [-0.39, 0.29) is 5.78 Å². The van der Waals surface area contributed by atoms with Crippen LogP contribution in [0.3, 0.4) is 0 Å². The largest absolute Gasteiger partial charge is 0.330 e. The summed E-state index contributed by atoms with van der Waals surface area (Å²) in [5, 5.41) is 1.20. The Hall–Kier alpha value is -0.570. The van der Waals surface area contributed by atoms with Gasteiger partial charge >= 0.3 is 0 Å².